The van der Waals surface area contributed by atoms with Gasteiger partial charge in [-0.25, -0.2) is 4.79 Å². The van der Waals surface area contributed by atoms with Gasteiger partial charge in [0.25, 0.3) is 5.56 Å². The van der Waals surface area contributed by atoms with Gasteiger partial charge in [-0.1, -0.05) is 29.3 Å². The van der Waals surface area contributed by atoms with Crippen LogP contribution in [0.25, 0.3) is 11.3 Å². The Morgan fingerprint density at radius 3 is 2.48 bits per heavy atom. The monoisotopic (exact) mass is 389 g/mol. The molecule has 0 aliphatic heterocycles. The van der Waals surface area contributed by atoms with Crippen LogP contribution in [0.15, 0.2) is 33.5 Å². The van der Waals surface area contributed by atoms with Gasteiger partial charge in [0.05, 0.1) is 25.8 Å². The van der Waals surface area contributed by atoms with Crippen molar-refractivity contribution >= 4 is 45.1 Å². The number of halogens is 3. The molecule has 1 aromatic heterocycles. The van der Waals surface area contributed by atoms with Crippen molar-refractivity contribution in [1.82, 2.24) is 4.57 Å². The lowest BCUT2D eigenvalue weighted by Crippen LogP contribution is -2.24. The number of nitrogens with zero attached hydrogens (tertiary/aromatic N) is 1. The first-order chi connectivity index (χ1) is 9.86. The summed E-state index contributed by atoms with van der Waals surface area (Å²) in [5, 5.41) is 10.0. The number of benzene rings is 1. The maximum absolute atomic E-state index is 12.2. The van der Waals surface area contributed by atoms with Crippen molar-refractivity contribution in [3.05, 3.63) is 54.7 Å². The molecule has 7 heteroatoms. The summed E-state index contributed by atoms with van der Waals surface area (Å²) in [6.07, 6.45) is 0. The first kappa shape index (κ1) is 16.1. The quantitative estimate of drug-likeness (QED) is 0.849. The van der Waals surface area contributed by atoms with Crippen molar-refractivity contribution in [3.8, 4) is 11.3 Å². The summed E-state index contributed by atoms with van der Waals surface area (Å²) >= 11 is 15.0. The molecular formula is C14H10BrCl2NO3. The second kappa shape index (κ2) is 6.22. The molecule has 0 radical (unpaired) electrons. The van der Waals surface area contributed by atoms with Gasteiger partial charge < -0.3 is 9.67 Å². The highest BCUT2D eigenvalue weighted by atomic mass is 79.9. The van der Waals surface area contributed by atoms with E-state index in [1.165, 1.54) is 10.6 Å². The van der Waals surface area contributed by atoms with Crippen LogP contribution in [0.1, 0.15) is 17.3 Å². The van der Waals surface area contributed by atoms with Gasteiger partial charge in [0.2, 0.25) is 0 Å². The number of hydrogen-bond acceptors (Lipinski definition) is 2. The number of aromatic nitrogens is 1. The molecule has 1 heterocycles. The van der Waals surface area contributed by atoms with Crippen molar-refractivity contribution in [2.45, 2.75) is 13.5 Å². The van der Waals surface area contributed by atoms with Crippen molar-refractivity contribution in [1.29, 1.82) is 0 Å². The van der Waals surface area contributed by atoms with Crippen molar-refractivity contribution in [3.63, 3.8) is 0 Å². The van der Waals surface area contributed by atoms with Gasteiger partial charge in [-0.3, -0.25) is 4.79 Å². The van der Waals surface area contributed by atoms with Crippen LogP contribution in [0, 0.1) is 0 Å². The van der Waals surface area contributed by atoms with Crippen LogP contribution in [0.3, 0.4) is 0 Å². The molecule has 0 atom stereocenters. The Labute approximate surface area is 139 Å². The summed E-state index contributed by atoms with van der Waals surface area (Å²) in [6.45, 7) is 2.09. The largest absolute Gasteiger partial charge is 0.478 e. The van der Waals surface area contributed by atoms with E-state index in [1.54, 1.807) is 25.1 Å². The molecule has 1 N–H and O–H groups in total. The first-order valence-corrected chi connectivity index (χ1v) is 7.53. The lowest BCUT2D eigenvalue weighted by atomic mass is 10.0. The molecule has 2 aromatic rings. The van der Waals surface area contributed by atoms with E-state index in [2.05, 4.69) is 15.9 Å². The fourth-order valence-corrected chi connectivity index (χ4v) is 2.79. The van der Waals surface area contributed by atoms with E-state index in [0.29, 0.717) is 27.8 Å². The average Bonchev–Trinajstić information content (AvgIpc) is 2.44. The molecule has 0 saturated carbocycles. The molecule has 0 fully saturated rings. The fourth-order valence-electron chi connectivity index (χ4n) is 2.05. The summed E-state index contributed by atoms with van der Waals surface area (Å²) in [4.78, 5) is 23.7. The Morgan fingerprint density at radius 1 is 1.29 bits per heavy atom. The van der Waals surface area contributed by atoms with Gasteiger partial charge in [0, 0.05) is 12.1 Å². The molecule has 110 valence electrons. The SMILES string of the molecule is CCn1c(-c2ccc(Cl)c(Cl)c2)c(C(=O)O)cc(Br)c1=O. The summed E-state index contributed by atoms with van der Waals surface area (Å²) < 4.78 is 1.58. The van der Waals surface area contributed by atoms with Crippen LogP contribution >= 0.6 is 39.1 Å². The van der Waals surface area contributed by atoms with Gasteiger partial charge in [-0.05, 0) is 41.1 Å². The van der Waals surface area contributed by atoms with E-state index in [-0.39, 0.29) is 15.6 Å². The number of hydrogen-bond donors (Lipinski definition) is 1. The smallest absolute Gasteiger partial charge is 0.337 e. The normalized spacial score (nSPS) is 10.7. The van der Waals surface area contributed by atoms with Crippen molar-refractivity contribution in [2.75, 3.05) is 0 Å². The second-order valence-corrected chi connectivity index (χ2v) is 5.91. The highest BCUT2D eigenvalue weighted by molar-refractivity contribution is 9.10. The number of carbonyl (C=O) groups is 1. The lowest BCUT2D eigenvalue weighted by molar-refractivity contribution is 0.0696. The Hall–Kier alpha value is -1.30. The van der Waals surface area contributed by atoms with Gasteiger partial charge in [-0.15, -0.1) is 0 Å². The zero-order valence-electron chi connectivity index (χ0n) is 10.9. The summed E-state index contributed by atoms with van der Waals surface area (Å²) in [5.41, 5.74) is 0.537. The lowest BCUT2D eigenvalue weighted by Gasteiger charge is -2.15. The first-order valence-electron chi connectivity index (χ1n) is 5.98. The molecule has 0 unspecified atom stereocenters. The zero-order valence-corrected chi connectivity index (χ0v) is 14.0. The molecule has 0 aliphatic rings. The standard InChI is InChI=1S/C14H10BrCl2NO3/c1-2-18-12(7-3-4-10(16)11(17)5-7)8(14(20)21)6-9(15)13(18)19/h3-6H,2H2,1H3,(H,20,21). The van der Waals surface area contributed by atoms with E-state index >= 15 is 0 Å². The molecule has 0 spiro atoms. The van der Waals surface area contributed by atoms with Crippen molar-refractivity contribution in [2.24, 2.45) is 0 Å². The Bertz CT molecular complexity index is 787. The highest BCUT2D eigenvalue weighted by Gasteiger charge is 2.19. The van der Waals surface area contributed by atoms with Gasteiger partial charge in [0.1, 0.15) is 0 Å². The highest BCUT2D eigenvalue weighted by Crippen LogP contribution is 2.30. The number of carboxylic acid groups (broad SMARTS) is 1. The minimum atomic E-state index is -1.13. The average molecular weight is 391 g/mol. The number of aromatic carboxylic acids is 1. The van der Waals surface area contributed by atoms with Crippen LogP contribution in [0.4, 0.5) is 0 Å². The molecule has 0 aliphatic carbocycles. The van der Waals surface area contributed by atoms with Crippen LogP contribution in [0.2, 0.25) is 10.0 Å². The Kier molecular flexibility index (Phi) is 4.76. The predicted octanol–water partition coefficient (Wildman–Crippen LogP) is 4.30. The summed E-state index contributed by atoms with van der Waals surface area (Å²) in [6, 6.07) is 6.05. The summed E-state index contributed by atoms with van der Waals surface area (Å²) in [7, 11) is 0. The molecule has 2 rings (SSSR count). The van der Waals surface area contributed by atoms with E-state index in [0.717, 1.165) is 0 Å². The molecule has 0 saturated heterocycles. The van der Waals surface area contributed by atoms with Gasteiger partial charge >= 0.3 is 5.97 Å². The molecule has 4 nitrogen and oxygen atoms in total. The third-order valence-electron chi connectivity index (χ3n) is 2.99. The van der Waals surface area contributed by atoms with Crippen LogP contribution in [-0.4, -0.2) is 15.6 Å². The van der Waals surface area contributed by atoms with Crippen LogP contribution in [0.5, 0.6) is 0 Å². The Balaban J connectivity index is 2.88. The maximum Gasteiger partial charge on any atom is 0.337 e. The molecule has 0 amide bonds. The third-order valence-corrected chi connectivity index (χ3v) is 4.29. The topological polar surface area (TPSA) is 59.3 Å². The van der Waals surface area contributed by atoms with Gasteiger partial charge in [0.15, 0.2) is 0 Å². The van der Waals surface area contributed by atoms with E-state index < -0.39 is 5.97 Å². The van der Waals surface area contributed by atoms with Gasteiger partial charge in [-0.2, -0.15) is 0 Å². The van der Waals surface area contributed by atoms with Crippen LogP contribution in [-0.2, 0) is 6.54 Å². The predicted molar refractivity (Wildman–Crippen MR) is 86.5 cm³/mol. The number of carboxylic acids is 1. The maximum atomic E-state index is 12.2. The molecule has 21 heavy (non-hydrogen) atoms. The van der Waals surface area contributed by atoms with Crippen LogP contribution < -0.4 is 5.56 Å². The van der Waals surface area contributed by atoms with E-state index in [9.17, 15) is 14.7 Å². The zero-order chi connectivity index (χ0) is 15.7. The Morgan fingerprint density at radius 2 is 1.95 bits per heavy atom. The molecular weight excluding hydrogens is 381 g/mol. The van der Waals surface area contributed by atoms with E-state index in [4.69, 9.17) is 23.2 Å². The summed E-state index contributed by atoms with van der Waals surface area (Å²) in [5.74, 6) is -1.13. The second-order valence-electron chi connectivity index (χ2n) is 4.24. The number of rotatable bonds is 3. The molecule has 1 aromatic carbocycles. The number of pyridine rings is 1. The molecule has 0 bridgehead atoms. The van der Waals surface area contributed by atoms with E-state index in [1.807, 2.05) is 0 Å². The third kappa shape index (κ3) is 3.00. The van der Waals surface area contributed by atoms with Crippen molar-refractivity contribution < 1.29 is 9.90 Å². The fraction of sp³-hybridized carbons (Fsp3) is 0.143. The minimum Gasteiger partial charge on any atom is -0.478 e. The minimum absolute atomic E-state index is 0.0155.